The Hall–Kier alpha value is -5.83. The molecule has 14 rings (SSSR count). The number of pyridine rings is 1. The number of hydrogen-bond donors (Lipinski definition) is 0. The third kappa shape index (κ3) is 33.4. The number of fused-ring (bicyclic) bond motifs is 2. The number of nitrogens with zero attached hydrogens (tertiary/aromatic N) is 14. The summed E-state index contributed by atoms with van der Waals surface area (Å²) >= 11 is 1.49. The fraction of sp³-hybridized carbons (Fsp3) is 0.617. The molecule has 8 aromatic rings. The molecule has 0 amide bonds. The van der Waals surface area contributed by atoms with Crippen LogP contribution in [0.3, 0.4) is 0 Å². The van der Waals surface area contributed by atoms with Gasteiger partial charge in [0.2, 0.25) is 0 Å². The SMILES string of the molecule is CC.CC.CC.CC.CC.CC.CC.CC.CC.CC.CC.CC.[2H]CN1CCN(C2CCC([N-]c3ccncc3[C](=[W])Cc3ccccc3)CC2)CC1.[2H]CN1CCN(C2CCC(c3nc(-c4ccccc4)c4cnccn34)CC2)CC1.[2H]CN1CCN(C2CCC(c3nc(-c4ccccc4)c4cnccn34)CC2)CC1. The second-order valence-electron chi connectivity index (χ2n) is 24.6. The molecule has 6 fully saturated rings. The van der Waals surface area contributed by atoms with Crippen LogP contribution in [0.25, 0.3) is 38.9 Å². The van der Waals surface area contributed by atoms with Crippen LogP contribution in [0, 0.1) is 0 Å². The zero-order chi connectivity index (χ0) is 84.0. The monoisotopic (exact) mass is 1670 g/mol. The van der Waals surface area contributed by atoms with Crippen LogP contribution in [0.4, 0.5) is 5.69 Å². The second kappa shape index (κ2) is 64.7. The van der Waals surface area contributed by atoms with Crippen LogP contribution in [0.5, 0.6) is 0 Å². The van der Waals surface area contributed by atoms with Crippen LogP contribution in [0.1, 0.15) is 282 Å². The van der Waals surface area contributed by atoms with Crippen molar-refractivity contribution in [3.8, 4) is 22.5 Å². The van der Waals surface area contributed by atoms with Gasteiger partial charge in [-0.15, -0.1) is 0 Å². The molecular formula is C94H161N14W-. The maximum atomic E-state index is 7.55. The van der Waals surface area contributed by atoms with Gasteiger partial charge in [0.25, 0.3) is 0 Å². The Kier molecular flexibility index (Phi) is 57.8. The standard InChI is InChI=1S/C24H31N4.2C23H29N5.12C2H6.W/c1-27-15-17-28(18-16-27)23-11-9-22(10-12-23)26-24-13-14-25-19-21(24)8-7-20-5-3-2-4-6-20;2*1-26-13-15-27(16-14-26)20-9-7-19(8-10-20)23-25-22(18-5-3-2-4-6-18)21-17-24-11-12-28(21)23;12*1-2;/h2-6,13-14,19,22-23H,7,9-12,15-18H2,1H3;2*2-6,11-12,17,19-20H,7-10,13-16H2,1H3;12*1-2H3;/q-1;;;;;;;;;;;;;;;/i3*1D;;;;;;;;;;;;;. The van der Waals surface area contributed by atoms with Gasteiger partial charge in [0, 0.05) is 116 Å². The summed E-state index contributed by atoms with van der Waals surface area (Å²) in [5, 5.41) is 5.19. The Morgan fingerprint density at radius 3 is 1.02 bits per heavy atom. The minimum atomic E-state index is 0.427. The van der Waals surface area contributed by atoms with Gasteiger partial charge in [0.05, 0.1) is 34.8 Å². The fourth-order valence-electron chi connectivity index (χ4n) is 14.2. The normalized spacial score (nSPS) is 19.9. The Bertz CT molecular complexity index is 3270. The van der Waals surface area contributed by atoms with Crippen molar-refractivity contribution in [3.63, 3.8) is 0 Å². The van der Waals surface area contributed by atoms with E-state index in [-0.39, 0.29) is 0 Å². The van der Waals surface area contributed by atoms with Gasteiger partial charge < -0.3 is 9.80 Å². The first-order valence-corrected chi connectivity index (χ1v) is 45.1. The van der Waals surface area contributed by atoms with E-state index in [1.165, 1.54) is 123 Å². The largest absolute Gasteiger partial charge is 0.304 e. The summed E-state index contributed by atoms with van der Waals surface area (Å²) in [6, 6.07) is 36.2. The summed E-state index contributed by atoms with van der Waals surface area (Å²) in [5.74, 6) is 3.40. The van der Waals surface area contributed by atoms with Gasteiger partial charge in [0.1, 0.15) is 11.6 Å². The molecular weight excluding hydrogens is 1510 g/mol. The molecule has 8 heterocycles. The summed E-state index contributed by atoms with van der Waals surface area (Å²) in [4.78, 5) is 38.0. The maximum Gasteiger partial charge on any atom is 0.117 e. The number of likely N-dealkylation sites (N-methyl/N-ethyl adjacent to an activating group) is 3. The molecule has 5 aromatic heterocycles. The Morgan fingerprint density at radius 1 is 0.376 bits per heavy atom. The van der Waals surface area contributed by atoms with Crippen LogP contribution in [-0.4, -0.2) is 191 Å². The van der Waals surface area contributed by atoms with E-state index in [0.717, 1.165) is 124 Å². The third-order valence-electron chi connectivity index (χ3n) is 19.2. The first-order chi connectivity index (χ1) is 55.4. The number of imidazole rings is 2. The molecule has 0 atom stereocenters. The summed E-state index contributed by atoms with van der Waals surface area (Å²) < 4.78 is 28.6. The van der Waals surface area contributed by atoms with Gasteiger partial charge in [-0.2, -0.15) is 0 Å². The molecule has 0 N–H and O–H groups in total. The number of hydrogen-bond acceptors (Lipinski definition) is 11. The van der Waals surface area contributed by atoms with Gasteiger partial charge in [-0.05, 0) is 72.4 Å². The molecule has 14 nitrogen and oxygen atoms in total. The number of aromatic nitrogens is 7. The first kappa shape index (κ1) is 97.4. The smallest absolute Gasteiger partial charge is 0.117 e. The van der Waals surface area contributed by atoms with Crippen molar-refractivity contribution in [1.82, 2.24) is 63.1 Å². The Labute approximate surface area is 685 Å². The third-order valence-corrected chi connectivity index (χ3v) is 20.5. The zero-order valence-corrected chi connectivity index (χ0v) is 76.7. The quantitative estimate of drug-likeness (QED) is 0.117. The van der Waals surface area contributed by atoms with Gasteiger partial charge >= 0.3 is 179 Å². The molecule has 3 aliphatic carbocycles. The fourth-order valence-corrected chi connectivity index (χ4v) is 15.4. The summed E-state index contributed by atoms with van der Waals surface area (Å²) in [6.45, 7) is 61.0. The minimum absolute atomic E-state index is 0.427. The van der Waals surface area contributed by atoms with E-state index in [4.69, 9.17) is 19.4 Å². The van der Waals surface area contributed by atoms with Gasteiger partial charge in [0.15, 0.2) is 0 Å². The van der Waals surface area contributed by atoms with E-state index >= 15 is 0 Å². The number of rotatable bonds is 12. The molecule has 3 saturated carbocycles. The molecule has 3 aromatic carbocycles. The molecule has 6 aliphatic rings. The van der Waals surface area contributed by atoms with E-state index in [1.54, 1.807) is 0 Å². The van der Waals surface area contributed by atoms with Crippen molar-refractivity contribution in [2.45, 2.75) is 286 Å². The van der Waals surface area contributed by atoms with Crippen LogP contribution in [0.2, 0.25) is 0 Å². The van der Waals surface area contributed by atoms with E-state index < -0.39 is 0 Å². The topological polar surface area (TPSA) is 107 Å². The van der Waals surface area contributed by atoms with E-state index in [9.17, 15) is 0 Å². The summed E-state index contributed by atoms with van der Waals surface area (Å²) in [7, 11) is 1.31. The van der Waals surface area contributed by atoms with E-state index in [0.29, 0.717) is 57.1 Å². The van der Waals surface area contributed by atoms with Crippen LogP contribution >= 0.6 is 0 Å². The van der Waals surface area contributed by atoms with Crippen LogP contribution in [-0.2, 0) is 25.8 Å². The van der Waals surface area contributed by atoms with Crippen molar-refractivity contribution in [1.29, 1.82) is 0 Å². The van der Waals surface area contributed by atoms with E-state index in [2.05, 4.69) is 150 Å². The molecule has 3 saturated heterocycles. The molecule has 0 spiro atoms. The van der Waals surface area contributed by atoms with Crippen LogP contribution in [0.15, 0.2) is 147 Å². The molecule has 0 unspecified atom stereocenters. The average molecular weight is 1670 g/mol. The van der Waals surface area contributed by atoms with Crippen LogP contribution < -0.4 is 0 Å². The van der Waals surface area contributed by atoms with Crippen molar-refractivity contribution >= 4 is 20.6 Å². The van der Waals surface area contributed by atoms with E-state index in [1.807, 2.05) is 215 Å². The van der Waals surface area contributed by atoms with Gasteiger partial charge in [-0.3, -0.25) is 28.6 Å². The van der Waals surface area contributed by atoms with Gasteiger partial charge in [-0.25, -0.2) is 9.97 Å². The van der Waals surface area contributed by atoms with Crippen molar-refractivity contribution in [3.05, 3.63) is 175 Å². The van der Waals surface area contributed by atoms with Crippen molar-refractivity contribution in [2.75, 3.05) is 99.6 Å². The summed E-state index contributed by atoms with van der Waals surface area (Å²) in [6.07, 6.45) is 31.2. The Balaban J connectivity index is 0.00000145. The van der Waals surface area contributed by atoms with Crippen molar-refractivity contribution < 1.29 is 23.5 Å². The molecule has 109 heavy (non-hydrogen) atoms. The van der Waals surface area contributed by atoms with Crippen molar-refractivity contribution in [2.24, 2.45) is 0 Å². The zero-order valence-electron chi connectivity index (χ0n) is 76.8. The minimum Gasteiger partial charge on any atom is -0.304 e. The van der Waals surface area contributed by atoms with Gasteiger partial charge in [-0.1, -0.05) is 227 Å². The second-order valence-corrected chi connectivity index (χ2v) is 26.3. The molecule has 0 bridgehead atoms. The first-order valence-electron chi connectivity index (χ1n) is 45.7. The molecule has 0 radical (unpaired) electrons. The number of piperazine rings is 3. The Morgan fingerprint density at radius 2 is 0.688 bits per heavy atom. The predicted octanol–water partition coefficient (Wildman–Crippen LogP) is 23.6. The molecule has 614 valence electrons. The predicted molar refractivity (Wildman–Crippen MR) is 478 cm³/mol. The maximum absolute atomic E-state index is 7.55. The molecule has 3 aliphatic heterocycles. The summed E-state index contributed by atoms with van der Waals surface area (Å²) in [5.41, 5.74) is 10.3. The average Bonchev–Trinajstić information content (AvgIpc) is 1.63. The number of benzene rings is 3. The molecule has 15 heteroatoms.